The van der Waals surface area contributed by atoms with Crippen molar-refractivity contribution in [2.45, 2.75) is 33.3 Å². The number of aromatic amines is 1. The smallest absolute Gasteiger partial charge is 0.177 e. The van der Waals surface area contributed by atoms with Crippen LogP contribution in [0.2, 0.25) is 5.02 Å². The Bertz CT molecular complexity index is 1530. The molecule has 4 aromatic heterocycles. The molecule has 13 heteroatoms. The van der Waals surface area contributed by atoms with Crippen molar-refractivity contribution in [1.29, 1.82) is 5.41 Å². The van der Waals surface area contributed by atoms with Gasteiger partial charge in [0.15, 0.2) is 11.5 Å². The molecular formula is C26H31ClN10O2. The third-order valence-corrected chi connectivity index (χ3v) is 7.66. The summed E-state index contributed by atoms with van der Waals surface area (Å²) in [6.45, 7) is 4.98. The first-order valence-electron chi connectivity index (χ1n) is 12.6. The molecule has 0 radical (unpaired) electrons. The number of aliphatic hydroxyl groups is 1. The van der Waals surface area contributed by atoms with E-state index in [1.54, 1.807) is 32.6 Å². The minimum atomic E-state index is -0.365. The van der Waals surface area contributed by atoms with Crippen molar-refractivity contribution >= 4 is 45.9 Å². The molecular weight excluding hydrogens is 520 g/mol. The fraction of sp³-hybridized carbons (Fsp3) is 0.385. The molecule has 39 heavy (non-hydrogen) atoms. The van der Waals surface area contributed by atoms with Crippen LogP contribution in [-0.2, 0) is 6.61 Å². The molecule has 5 N–H and O–H groups in total. The Kier molecular flexibility index (Phi) is 7.23. The maximum absolute atomic E-state index is 10.2. The number of aliphatic hydroxyl groups excluding tert-OH is 1. The van der Waals surface area contributed by atoms with E-state index in [4.69, 9.17) is 31.7 Å². The lowest BCUT2D eigenvalue weighted by Crippen LogP contribution is -2.45. The fourth-order valence-corrected chi connectivity index (χ4v) is 5.06. The molecule has 204 valence electrons. The number of piperidine rings is 1. The molecule has 0 unspecified atom stereocenters. The van der Waals surface area contributed by atoms with Crippen LogP contribution in [-0.4, -0.2) is 68.3 Å². The molecule has 1 aliphatic heterocycles. The van der Waals surface area contributed by atoms with E-state index in [0.717, 1.165) is 11.4 Å². The van der Waals surface area contributed by atoms with Crippen LogP contribution in [0.4, 0.5) is 17.3 Å². The van der Waals surface area contributed by atoms with Gasteiger partial charge in [-0.3, -0.25) is 15.5 Å². The Labute approximate surface area is 230 Å². The number of aryl methyl sites for hydroxylation is 1. The number of nitrogens with one attached hydrogen (secondary N) is 4. The normalized spacial score (nSPS) is 14.9. The molecule has 0 atom stereocenters. The van der Waals surface area contributed by atoms with Crippen molar-refractivity contribution in [3.8, 4) is 17.0 Å². The minimum Gasteiger partial charge on any atom is -0.495 e. The van der Waals surface area contributed by atoms with Gasteiger partial charge in [-0.1, -0.05) is 18.5 Å². The van der Waals surface area contributed by atoms with Crippen molar-refractivity contribution in [1.82, 2.24) is 30.1 Å². The number of pyridine rings is 2. The zero-order chi connectivity index (χ0) is 27.7. The van der Waals surface area contributed by atoms with Crippen LogP contribution in [0.5, 0.6) is 5.75 Å². The van der Waals surface area contributed by atoms with Crippen molar-refractivity contribution < 1.29 is 9.84 Å². The van der Waals surface area contributed by atoms with E-state index in [1.165, 1.54) is 0 Å². The summed E-state index contributed by atoms with van der Waals surface area (Å²) in [5.74, 6) is 2.23. The van der Waals surface area contributed by atoms with Gasteiger partial charge >= 0.3 is 0 Å². The van der Waals surface area contributed by atoms with Gasteiger partial charge in [-0.25, -0.2) is 15.0 Å². The summed E-state index contributed by atoms with van der Waals surface area (Å²) in [5.41, 5.74) is 3.82. The zero-order valence-corrected chi connectivity index (χ0v) is 23.0. The van der Waals surface area contributed by atoms with Gasteiger partial charge < -0.3 is 25.4 Å². The number of rotatable bonds is 7. The van der Waals surface area contributed by atoms with Gasteiger partial charge in [0, 0.05) is 43.4 Å². The van der Waals surface area contributed by atoms with E-state index >= 15 is 0 Å². The number of halogens is 1. The number of H-pyrrole nitrogens is 1. The number of hydrogen-bond acceptors (Lipinski definition) is 10. The Morgan fingerprint density at radius 2 is 2.05 bits per heavy atom. The predicted molar refractivity (Wildman–Crippen MR) is 152 cm³/mol. The van der Waals surface area contributed by atoms with E-state index in [0.29, 0.717) is 82.3 Å². The van der Waals surface area contributed by atoms with Crippen molar-refractivity contribution in [3.63, 3.8) is 0 Å². The van der Waals surface area contributed by atoms with Crippen LogP contribution < -0.4 is 20.3 Å². The second-order valence-electron chi connectivity index (χ2n) is 9.75. The van der Waals surface area contributed by atoms with Crippen molar-refractivity contribution in [2.24, 2.45) is 5.41 Å². The van der Waals surface area contributed by atoms with Gasteiger partial charge in [0.05, 0.1) is 36.3 Å². The summed E-state index contributed by atoms with van der Waals surface area (Å²) < 4.78 is 5.36. The summed E-state index contributed by atoms with van der Waals surface area (Å²) in [6, 6.07) is 3.62. The topological polar surface area (TPSA) is 161 Å². The van der Waals surface area contributed by atoms with E-state index in [2.05, 4.69) is 42.6 Å². The average molecular weight is 551 g/mol. The Balaban J connectivity index is 1.36. The molecule has 1 saturated heterocycles. The largest absolute Gasteiger partial charge is 0.495 e. The molecule has 1 fully saturated rings. The highest BCUT2D eigenvalue weighted by Gasteiger charge is 2.36. The molecule has 0 aliphatic carbocycles. The molecule has 5 rings (SSSR count). The van der Waals surface area contributed by atoms with Crippen LogP contribution >= 0.6 is 11.6 Å². The first kappa shape index (κ1) is 26.6. The number of amidine groups is 1. The zero-order valence-electron chi connectivity index (χ0n) is 22.3. The summed E-state index contributed by atoms with van der Waals surface area (Å²) in [7, 11) is 3.35. The summed E-state index contributed by atoms with van der Waals surface area (Å²) in [6.07, 6.45) is 4.78. The lowest BCUT2D eigenvalue weighted by Gasteiger charge is -2.40. The molecule has 12 nitrogen and oxygen atoms in total. The molecule has 0 saturated carbocycles. The monoisotopic (exact) mass is 550 g/mol. The summed E-state index contributed by atoms with van der Waals surface area (Å²) >= 11 is 6.54. The Morgan fingerprint density at radius 1 is 1.28 bits per heavy atom. The Hall–Kier alpha value is -4.03. The maximum atomic E-state index is 10.2. The van der Waals surface area contributed by atoms with E-state index in [1.807, 2.05) is 13.0 Å². The second kappa shape index (κ2) is 10.6. The number of aromatic nitrogens is 6. The van der Waals surface area contributed by atoms with E-state index in [9.17, 15) is 5.11 Å². The fourth-order valence-electron chi connectivity index (χ4n) is 4.76. The van der Waals surface area contributed by atoms with Gasteiger partial charge in [0.1, 0.15) is 34.3 Å². The van der Waals surface area contributed by atoms with Gasteiger partial charge in [-0.05, 0) is 25.8 Å². The first-order valence-corrected chi connectivity index (χ1v) is 13.0. The number of hydrogen-bond donors (Lipinski definition) is 5. The van der Waals surface area contributed by atoms with Gasteiger partial charge in [0.2, 0.25) is 0 Å². The minimum absolute atomic E-state index is 0.276. The van der Waals surface area contributed by atoms with Crippen molar-refractivity contribution in [2.75, 3.05) is 42.8 Å². The maximum Gasteiger partial charge on any atom is 0.177 e. The van der Waals surface area contributed by atoms with Crippen LogP contribution in [0, 0.1) is 17.7 Å². The lowest BCUT2D eigenvalue weighted by molar-refractivity contribution is 0.276. The van der Waals surface area contributed by atoms with Gasteiger partial charge in [-0.2, -0.15) is 5.10 Å². The molecule has 0 amide bonds. The Morgan fingerprint density at radius 3 is 2.74 bits per heavy atom. The summed E-state index contributed by atoms with van der Waals surface area (Å²) in [4.78, 5) is 20.2. The molecule has 5 heterocycles. The van der Waals surface area contributed by atoms with Crippen LogP contribution in [0.25, 0.3) is 22.4 Å². The van der Waals surface area contributed by atoms with Gasteiger partial charge in [-0.15, -0.1) is 0 Å². The third-order valence-electron chi connectivity index (χ3n) is 7.28. The van der Waals surface area contributed by atoms with Gasteiger partial charge in [0.25, 0.3) is 0 Å². The van der Waals surface area contributed by atoms with Crippen molar-refractivity contribution in [3.05, 3.63) is 40.9 Å². The molecule has 1 aliphatic rings. The molecule has 4 aromatic rings. The number of ether oxygens (including phenoxy) is 1. The summed E-state index contributed by atoms with van der Waals surface area (Å²) in [5, 5.41) is 33.0. The van der Waals surface area contributed by atoms with Crippen LogP contribution in [0.15, 0.2) is 24.5 Å². The second-order valence-corrected chi connectivity index (χ2v) is 10.1. The highest BCUT2D eigenvalue weighted by atomic mass is 35.5. The predicted octanol–water partition coefficient (Wildman–Crippen LogP) is 4.01. The lowest BCUT2D eigenvalue weighted by atomic mass is 9.79. The van der Waals surface area contributed by atoms with Crippen LogP contribution in [0.3, 0.4) is 0 Å². The van der Waals surface area contributed by atoms with Crippen LogP contribution in [0.1, 0.15) is 31.2 Å². The number of nitrogens with zero attached hydrogens (tertiary/aromatic N) is 6. The number of fused-ring (bicyclic) bond motifs is 1. The SMILES string of the molecule is CNc1nccc(-c2n[nH]c3nc(N4CCC(C)(C(=N)Nc5cnc(C)c(OC)c5)CC4)c(CO)nc23)c1Cl. The first-order chi connectivity index (χ1) is 18.8. The average Bonchev–Trinajstić information content (AvgIpc) is 3.36. The highest BCUT2D eigenvalue weighted by molar-refractivity contribution is 6.35. The molecule has 0 bridgehead atoms. The standard InChI is InChI=1S/C26H31ClN10O2/c1-14-18(39-4)11-15(12-31-14)32-25(28)26(2)6-9-37(10-7-26)24-17(13-38)33-21-20(35-36-23(21)34-24)16-5-8-30-22(29-3)19(16)27/h5,8,11-12,38H,6-7,9-10,13H2,1-4H3,(H2,28,32)(H,29,30)(H,34,35,36). The molecule has 0 aromatic carbocycles. The third kappa shape index (κ3) is 4.92. The number of anilines is 3. The quantitative estimate of drug-likeness (QED) is 0.168. The highest BCUT2D eigenvalue weighted by Crippen LogP contribution is 2.37. The number of methoxy groups -OCH3 is 1. The van der Waals surface area contributed by atoms with E-state index in [-0.39, 0.29) is 12.0 Å². The van der Waals surface area contributed by atoms with E-state index < -0.39 is 0 Å². The molecule has 0 spiro atoms.